The molecule has 2 aliphatic carbocycles. The van der Waals surface area contributed by atoms with Crippen LogP contribution < -0.4 is 4.74 Å². The fraction of sp³-hybridized carbons (Fsp3) is 0.316. The number of carbonyl (C=O) groups excluding carboxylic acids is 1. The van der Waals surface area contributed by atoms with Gasteiger partial charge in [-0.3, -0.25) is 4.79 Å². The highest BCUT2D eigenvalue weighted by Crippen LogP contribution is 2.51. The molecule has 3 aliphatic rings. The maximum atomic E-state index is 12.4. The molecular formula is C19H18O3. The van der Waals surface area contributed by atoms with Gasteiger partial charge in [0.2, 0.25) is 0 Å². The summed E-state index contributed by atoms with van der Waals surface area (Å²) in [4.78, 5) is 12.4. The van der Waals surface area contributed by atoms with E-state index in [1.807, 2.05) is 32.1 Å². The highest BCUT2D eigenvalue weighted by atomic mass is 16.5. The van der Waals surface area contributed by atoms with Crippen molar-refractivity contribution in [2.45, 2.75) is 32.8 Å². The fourth-order valence-electron chi connectivity index (χ4n) is 3.78. The largest absolute Gasteiger partial charge is 0.508 e. The van der Waals surface area contributed by atoms with E-state index in [2.05, 4.69) is 6.08 Å². The van der Waals surface area contributed by atoms with E-state index >= 15 is 0 Å². The molecular weight excluding hydrogens is 276 g/mol. The van der Waals surface area contributed by atoms with Crippen molar-refractivity contribution in [1.29, 1.82) is 0 Å². The van der Waals surface area contributed by atoms with Crippen molar-refractivity contribution in [3.63, 3.8) is 0 Å². The van der Waals surface area contributed by atoms with E-state index in [1.165, 1.54) is 0 Å². The van der Waals surface area contributed by atoms with Gasteiger partial charge in [-0.1, -0.05) is 18.2 Å². The number of hydrogen-bond donors (Lipinski definition) is 1. The molecule has 1 aromatic carbocycles. The number of allylic oxidation sites excluding steroid dienone is 4. The summed E-state index contributed by atoms with van der Waals surface area (Å²) in [6, 6.07) is 5.20. The number of aromatic hydroxyl groups is 1. The second-order valence-corrected chi connectivity index (χ2v) is 6.38. The third-order valence-corrected chi connectivity index (χ3v) is 4.99. The molecule has 3 heteroatoms. The van der Waals surface area contributed by atoms with Gasteiger partial charge in [-0.05, 0) is 43.5 Å². The Kier molecular flexibility index (Phi) is 2.65. The van der Waals surface area contributed by atoms with E-state index in [9.17, 15) is 9.90 Å². The minimum absolute atomic E-state index is 0.134. The van der Waals surface area contributed by atoms with Crippen molar-refractivity contribution < 1.29 is 14.6 Å². The van der Waals surface area contributed by atoms with Gasteiger partial charge in [-0.25, -0.2) is 0 Å². The zero-order valence-corrected chi connectivity index (χ0v) is 12.7. The van der Waals surface area contributed by atoms with E-state index < -0.39 is 5.41 Å². The molecule has 1 heterocycles. The van der Waals surface area contributed by atoms with Crippen LogP contribution in [-0.4, -0.2) is 17.0 Å². The quantitative estimate of drug-likeness (QED) is 0.792. The summed E-state index contributed by atoms with van der Waals surface area (Å²) in [5, 5.41) is 9.66. The number of Topliss-reactive ketones (excluding diaryl/α,β-unsaturated/α-hetero) is 1. The molecule has 0 aromatic heterocycles. The van der Waals surface area contributed by atoms with Crippen LogP contribution >= 0.6 is 0 Å². The second kappa shape index (κ2) is 4.35. The minimum atomic E-state index is -0.525. The average molecular weight is 294 g/mol. The first kappa shape index (κ1) is 13.4. The maximum absolute atomic E-state index is 12.4. The van der Waals surface area contributed by atoms with E-state index in [0.29, 0.717) is 12.2 Å². The van der Waals surface area contributed by atoms with Crippen LogP contribution in [0.1, 0.15) is 32.3 Å². The number of fused-ring (bicyclic) bond motifs is 4. The summed E-state index contributed by atoms with van der Waals surface area (Å²) in [7, 11) is 0. The third-order valence-electron chi connectivity index (χ3n) is 4.99. The van der Waals surface area contributed by atoms with Gasteiger partial charge in [-0.15, -0.1) is 0 Å². The van der Waals surface area contributed by atoms with Crippen LogP contribution in [0.25, 0.3) is 5.57 Å². The lowest BCUT2D eigenvalue weighted by Crippen LogP contribution is -2.37. The van der Waals surface area contributed by atoms with E-state index in [1.54, 1.807) is 12.1 Å². The molecule has 0 saturated carbocycles. The normalized spacial score (nSPS) is 29.3. The van der Waals surface area contributed by atoms with Gasteiger partial charge >= 0.3 is 0 Å². The first-order valence-corrected chi connectivity index (χ1v) is 7.68. The summed E-state index contributed by atoms with van der Waals surface area (Å²) in [5.74, 6) is 1.17. The van der Waals surface area contributed by atoms with Crippen molar-refractivity contribution in [1.82, 2.24) is 0 Å². The Morgan fingerprint density at radius 1 is 1.36 bits per heavy atom. The number of phenolic OH excluding ortho intramolecular Hbond substituents is 1. The molecule has 1 aromatic rings. The zero-order chi connectivity index (χ0) is 15.5. The summed E-state index contributed by atoms with van der Waals surface area (Å²) in [6.07, 6.45) is 7.52. The summed E-state index contributed by atoms with van der Waals surface area (Å²) in [6.45, 7) is 4.00. The van der Waals surface area contributed by atoms with Crippen LogP contribution in [-0.2, 0) is 4.79 Å². The standard InChI is InChI=1S/C19H18O3/c1-11-18-14(13-7-6-12(20)10-16(13)22-11)8-9-19(2)15(18)4-3-5-17(19)21/h4,6-11,20H,3,5H2,1-2H3/t11-,19+/m1/s1. The van der Waals surface area contributed by atoms with Gasteiger partial charge in [0, 0.05) is 23.6 Å². The minimum Gasteiger partial charge on any atom is -0.508 e. The van der Waals surface area contributed by atoms with Crippen molar-refractivity contribution in [3.05, 3.63) is 53.1 Å². The lowest BCUT2D eigenvalue weighted by molar-refractivity contribution is -0.124. The summed E-state index contributed by atoms with van der Waals surface area (Å²) in [5.41, 5.74) is 3.75. The molecule has 0 radical (unpaired) electrons. The van der Waals surface area contributed by atoms with E-state index in [0.717, 1.165) is 28.7 Å². The predicted octanol–water partition coefficient (Wildman–Crippen LogP) is 3.79. The molecule has 4 rings (SSSR count). The number of phenols is 1. The Labute approximate surface area is 129 Å². The van der Waals surface area contributed by atoms with Crippen LogP contribution in [0.15, 0.2) is 47.6 Å². The smallest absolute Gasteiger partial charge is 0.147 e. The molecule has 0 saturated heterocycles. The molecule has 0 amide bonds. The zero-order valence-electron chi connectivity index (χ0n) is 12.7. The van der Waals surface area contributed by atoms with Gasteiger partial charge in [0.25, 0.3) is 0 Å². The lowest BCUT2D eigenvalue weighted by Gasteiger charge is -2.40. The van der Waals surface area contributed by atoms with Gasteiger partial charge in [0.15, 0.2) is 0 Å². The number of hydrogen-bond acceptors (Lipinski definition) is 3. The summed E-state index contributed by atoms with van der Waals surface area (Å²) >= 11 is 0. The molecule has 3 nitrogen and oxygen atoms in total. The SMILES string of the molecule is C[C@H]1Oc2cc(O)ccc2C2=C1C1=CCCC(=O)[C@@]1(C)C=C2. The molecule has 22 heavy (non-hydrogen) atoms. The molecule has 112 valence electrons. The highest BCUT2D eigenvalue weighted by Gasteiger charge is 2.43. The third kappa shape index (κ3) is 1.65. The number of benzene rings is 1. The highest BCUT2D eigenvalue weighted by molar-refractivity contribution is 5.98. The van der Waals surface area contributed by atoms with Crippen molar-refractivity contribution in [2.75, 3.05) is 0 Å². The number of carbonyl (C=O) groups is 1. The Bertz CT molecular complexity index is 782. The molecule has 0 spiro atoms. The lowest BCUT2D eigenvalue weighted by atomic mass is 9.65. The van der Waals surface area contributed by atoms with Gasteiger partial charge < -0.3 is 9.84 Å². The number of rotatable bonds is 0. The molecule has 1 aliphatic heterocycles. The molecule has 2 atom stereocenters. The van der Waals surface area contributed by atoms with Crippen LogP contribution in [0.2, 0.25) is 0 Å². The van der Waals surface area contributed by atoms with Gasteiger partial charge in [0.05, 0.1) is 5.41 Å². The van der Waals surface area contributed by atoms with Crippen LogP contribution in [0, 0.1) is 5.41 Å². The van der Waals surface area contributed by atoms with Gasteiger partial charge in [-0.2, -0.15) is 0 Å². The Morgan fingerprint density at radius 3 is 3.00 bits per heavy atom. The number of ketones is 1. The molecule has 0 fully saturated rings. The van der Waals surface area contributed by atoms with Crippen LogP contribution in [0.3, 0.4) is 0 Å². The first-order valence-electron chi connectivity index (χ1n) is 7.68. The van der Waals surface area contributed by atoms with Crippen molar-refractivity contribution in [3.8, 4) is 11.5 Å². The first-order chi connectivity index (χ1) is 10.5. The summed E-state index contributed by atoms with van der Waals surface area (Å²) < 4.78 is 6.01. The predicted molar refractivity (Wildman–Crippen MR) is 84.7 cm³/mol. The Morgan fingerprint density at radius 2 is 2.18 bits per heavy atom. The van der Waals surface area contributed by atoms with E-state index in [4.69, 9.17) is 4.74 Å². The molecule has 1 N–H and O–H groups in total. The maximum Gasteiger partial charge on any atom is 0.147 e. The Balaban J connectivity index is 1.96. The molecule has 0 bridgehead atoms. The topological polar surface area (TPSA) is 46.5 Å². The van der Waals surface area contributed by atoms with Crippen LogP contribution in [0.5, 0.6) is 11.5 Å². The fourth-order valence-corrected chi connectivity index (χ4v) is 3.78. The Hall–Kier alpha value is -2.29. The van der Waals surface area contributed by atoms with Crippen LogP contribution in [0.4, 0.5) is 0 Å². The van der Waals surface area contributed by atoms with Crippen molar-refractivity contribution >= 4 is 11.4 Å². The average Bonchev–Trinajstić information content (AvgIpc) is 2.48. The molecule has 0 unspecified atom stereocenters. The number of ether oxygens (including phenoxy) is 1. The monoisotopic (exact) mass is 294 g/mol. The van der Waals surface area contributed by atoms with E-state index in [-0.39, 0.29) is 17.6 Å². The second-order valence-electron chi connectivity index (χ2n) is 6.38. The van der Waals surface area contributed by atoms with Gasteiger partial charge in [0.1, 0.15) is 23.4 Å². The van der Waals surface area contributed by atoms with Crippen molar-refractivity contribution in [2.24, 2.45) is 5.41 Å².